The van der Waals surface area contributed by atoms with Gasteiger partial charge in [0.1, 0.15) is 24.0 Å². The molecule has 23 heavy (non-hydrogen) atoms. The minimum Gasteiger partial charge on any atom is -0.489 e. The molecule has 0 heterocycles. The number of rotatable bonds is 5. The fraction of sp³-hybridized carbons (Fsp3) is 0.0556. The third-order valence-corrected chi connectivity index (χ3v) is 3.11. The average molecular weight is 303 g/mol. The van der Waals surface area contributed by atoms with E-state index in [0.29, 0.717) is 16.9 Å². The van der Waals surface area contributed by atoms with Gasteiger partial charge in [-0.15, -0.1) is 0 Å². The molecule has 0 radical (unpaired) electrons. The molecule has 2 aromatic rings. The van der Waals surface area contributed by atoms with Gasteiger partial charge in [-0.3, -0.25) is 4.79 Å². The van der Waals surface area contributed by atoms with Gasteiger partial charge in [0.15, 0.2) is 0 Å². The second-order valence-corrected chi connectivity index (χ2v) is 4.66. The Morgan fingerprint density at radius 2 is 1.83 bits per heavy atom. The van der Waals surface area contributed by atoms with Gasteiger partial charge in [0.05, 0.1) is 11.6 Å². The van der Waals surface area contributed by atoms with Crippen molar-refractivity contribution in [3.05, 3.63) is 70.8 Å². The van der Waals surface area contributed by atoms with Crippen molar-refractivity contribution in [2.75, 3.05) is 0 Å². The monoisotopic (exact) mass is 303 g/mol. The van der Waals surface area contributed by atoms with E-state index < -0.39 is 5.91 Å². The Morgan fingerprint density at radius 3 is 2.43 bits per heavy atom. The van der Waals surface area contributed by atoms with Gasteiger partial charge in [-0.25, -0.2) is 0 Å². The quantitative estimate of drug-likeness (QED) is 0.677. The first kappa shape index (κ1) is 15.8. The zero-order valence-electron chi connectivity index (χ0n) is 12.2. The van der Waals surface area contributed by atoms with Crippen LogP contribution in [0.3, 0.4) is 0 Å². The SMILES string of the molecule is N#C/C(=C/c1ccc(OCc2ccccc2C#N)cc1)C(N)=O. The summed E-state index contributed by atoms with van der Waals surface area (Å²) in [6.07, 6.45) is 1.41. The van der Waals surface area contributed by atoms with Crippen LogP contribution in [0.15, 0.2) is 54.1 Å². The van der Waals surface area contributed by atoms with E-state index in [0.717, 1.165) is 5.56 Å². The van der Waals surface area contributed by atoms with Crippen molar-refractivity contribution in [1.82, 2.24) is 0 Å². The van der Waals surface area contributed by atoms with Crippen LogP contribution in [0.1, 0.15) is 16.7 Å². The Hall–Kier alpha value is -3.57. The van der Waals surface area contributed by atoms with Crippen LogP contribution >= 0.6 is 0 Å². The number of nitrogens with two attached hydrogens (primary N) is 1. The summed E-state index contributed by atoms with van der Waals surface area (Å²) in [6, 6.07) is 18.0. The van der Waals surface area contributed by atoms with E-state index in [-0.39, 0.29) is 12.2 Å². The van der Waals surface area contributed by atoms with Crippen LogP contribution in [0.4, 0.5) is 0 Å². The normalized spacial score (nSPS) is 10.4. The molecular formula is C18H13N3O2. The molecule has 1 amide bonds. The fourth-order valence-electron chi connectivity index (χ4n) is 1.90. The molecule has 0 aromatic heterocycles. The molecule has 5 heteroatoms. The summed E-state index contributed by atoms with van der Waals surface area (Å²) in [7, 11) is 0. The number of primary amides is 1. The van der Waals surface area contributed by atoms with Crippen LogP contribution in [-0.4, -0.2) is 5.91 Å². The molecule has 0 bridgehead atoms. The molecule has 0 atom stereocenters. The van der Waals surface area contributed by atoms with Crippen molar-refractivity contribution in [2.24, 2.45) is 5.73 Å². The minimum atomic E-state index is -0.763. The van der Waals surface area contributed by atoms with E-state index in [4.69, 9.17) is 21.0 Å². The standard InChI is InChI=1S/C18H13N3O2/c19-10-14-3-1-2-4-15(14)12-23-17-7-5-13(6-8-17)9-16(11-20)18(21)22/h1-9H,12H2,(H2,21,22)/b16-9-. The second kappa shape index (κ2) is 7.44. The molecule has 0 saturated heterocycles. The lowest BCUT2D eigenvalue weighted by Crippen LogP contribution is -2.12. The lowest BCUT2D eigenvalue weighted by Gasteiger charge is -2.07. The van der Waals surface area contributed by atoms with Crippen molar-refractivity contribution in [3.8, 4) is 17.9 Å². The number of nitrogens with zero attached hydrogens (tertiary/aromatic N) is 2. The molecule has 0 aliphatic heterocycles. The average Bonchev–Trinajstić information content (AvgIpc) is 2.58. The zero-order valence-corrected chi connectivity index (χ0v) is 12.2. The summed E-state index contributed by atoms with van der Waals surface area (Å²) in [5.74, 6) is -0.145. The molecule has 0 aliphatic carbocycles. The van der Waals surface area contributed by atoms with Crippen LogP contribution in [0, 0.1) is 22.7 Å². The summed E-state index contributed by atoms with van der Waals surface area (Å²) in [6.45, 7) is 0.281. The molecule has 112 valence electrons. The molecule has 0 unspecified atom stereocenters. The van der Waals surface area contributed by atoms with E-state index >= 15 is 0 Å². The highest BCUT2D eigenvalue weighted by molar-refractivity contribution is 6.00. The van der Waals surface area contributed by atoms with Gasteiger partial charge in [-0.05, 0) is 29.8 Å². The van der Waals surface area contributed by atoms with Gasteiger partial charge in [-0.2, -0.15) is 10.5 Å². The first-order valence-electron chi connectivity index (χ1n) is 6.76. The van der Waals surface area contributed by atoms with Crippen molar-refractivity contribution >= 4 is 12.0 Å². The van der Waals surface area contributed by atoms with Gasteiger partial charge >= 0.3 is 0 Å². The van der Waals surface area contributed by atoms with E-state index in [1.165, 1.54) is 6.08 Å². The number of hydrogen-bond donors (Lipinski definition) is 1. The number of nitriles is 2. The van der Waals surface area contributed by atoms with Crippen molar-refractivity contribution in [3.63, 3.8) is 0 Å². The Bertz CT molecular complexity index is 825. The van der Waals surface area contributed by atoms with E-state index in [1.54, 1.807) is 42.5 Å². The van der Waals surface area contributed by atoms with Gasteiger partial charge in [0.25, 0.3) is 5.91 Å². The third kappa shape index (κ3) is 4.20. The maximum absolute atomic E-state index is 11.0. The molecule has 2 N–H and O–H groups in total. The second-order valence-electron chi connectivity index (χ2n) is 4.66. The highest BCUT2D eigenvalue weighted by atomic mass is 16.5. The van der Waals surface area contributed by atoms with Crippen LogP contribution in [0.25, 0.3) is 6.08 Å². The Kier molecular flexibility index (Phi) is 5.12. The number of ether oxygens (including phenoxy) is 1. The van der Waals surface area contributed by atoms with E-state index in [2.05, 4.69) is 6.07 Å². The molecule has 2 rings (SSSR count). The van der Waals surface area contributed by atoms with Crippen molar-refractivity contribution < 1.29 is 9.53 Å². The minimum absolute atomic E-state index is 0.110. The Balaban J connectivity index is 2.08. The number of carbonyl (C=O) groups is 1. The maximum Gasteiger partial charge on any atom is 0.259 e. The number of carbonyl (C=O) groups excluding carboxylic acids is 1. The predicted molar refractivity (Wildman–Crippen MR) is 84.7 cm³/mol. The molecule has 0 aliphatic rings. The Morgan fingerprint density at radius 1 is 1.13 bits per heavy atom. The maximum atomic E-state index is 11.0. The van der Waals surface area contributed by atoms with E-state index in [9.17, 15) is 4.79 Å². The summed E-state index contributed by atoms with van der Waals surface area (Å²) < 4.78 is 5.64. The van der Waals surface area contributed by atoms with Gasteiger partial charge in [-0.1, -0.05) is 30.3 Å². The lowest BCUT2D eigenvalue weighted by atomic mass is 10.1. The summed E-state index contributed by atoms with van der Waals surface area (Å²) in [5.41, 5.74) is 7.03. The highest BCUT2D eigenvalue weighted by Gasteiger charge is 2.04. The third-order valence-electron chi connectivity index (χ3n) is 3.11. The van der Waals surface area contributed by atoms with E-state index in [1.807, 2.05) is 12.1 Å². The van der Waals surface area contributed by atoms with Crippen LogP contribution in [0.2, 0.25) is 0 Å². The number of amides is 1. The Labute approximate surface area is 133 Å². The number of hydrogen-bond acceptors (Lipinski definition) is 4. The molecule has 5 nitrogen and oxygen atoms in total. The van der Waals surface area contributed by atoms with Gasteiger partial charge in [0.2, 0.25) is 0 Å². The number of benzene rings is 2. The summed E-state index contributed by atoms with van der Waals surface area (Å²) >= 11 is 0. The van der Waals surface area contributed by atoms with Crippen LogP contribution in [-0.2, 0) is 11.4 Å². The molecule has 0 spiro atoms. The van der Waals surface area contributed by atoms with Crippen molar-refractivity contribution in [1.29, 1.82) is 10.5 Å². The topological polar surface area (TPSA) is 99.9 Å². The molecule has 0 fully saturated rings. The molecular weight excluding hydrogens is 290 g/mol. The highest BCUT2D eigenvalue weighted by Crippen LogP contribution is 2.17. The zero-order chi connectivity index (χ0) is 16.7. The van der Waals surface area contributed by atoms with Gasteiger partial charge in [0, 0.05) is 5.56 Å². The fourth-order valence-corrected chi connectivity index (χ4v) is 1.90. The molecule has 0 saturated carbocycles. The lowest BCUT2D eigenvalue weighted by molar-refractivity contribution is -0.114. The van der Waals surface area contributed by atoms with Crippen LogP contribution < -0.4 is 10.5 Å². The first-order valence-corrected chi connectivity index (χ1v) is 6.76. The predicted octanol–water partition coefficient (Wildman–Crippen LogP) is 2.53. The largest absolute Gasteiger partial charge is 0.489 e. The molecule has 2 aromatic carbocycles. The smallest absolute Gasteiger partial charge is 0.259 e. The first-order chi connectivity index (χ1) is 11.1. The summed E-state index contributed by atoms with van der Waals surface area (Å²) in [5, 5.41) is 17.8. The van der Waals surface area contributed by atoms with Crippen LogP contribution in [0.5, 0.6) is 5.75 Å². The van der Waals surface area contributed by atoms with Gasteiger partial charge < -0.3 is 10.5 Å². The van der Waals surface area contributed by atoms with Crippen molar-refractivity contribution in [2.45, 2.75) is 6.61 Å². The summed E-state index contributed by atoms with van der Waals surface area (Å²) in [4.78, 5) is 11.0.